The van der Waals surface area contributed by atoms with Crippen LogP contribution in [-0.4, -0.2) is 67.0 Å². The van der Waals surface area contributed by atoms with E-state index in [1.165, 1.54) is 12.1 Å². The van der Waals surface area contributed by atoms with Crippen molar-refractivity contribution in [1.82, 2.24) is 0 Å². The zero-order chi connectivity index (χ0) is 19.1. The van der Waals surface area contributed by atoms with Gasteiger partial charge in [0.2, 0.25) is 0 Å². The predicted molar refractivity (Wildman–Crippen MR) is 89.3 cm³/mol. The molecule has 1 aliphatic carbocycles. The molecule has 0 bridgehead atoms. The normalized spacial score (nSPS) is 34.4. The van der Waals surface area contributed by atoms with Crippen LogP contribution in [0.4, 0.5) is 0 Å². The summed E-state index contributed by atoms with van der Waals surface area (Å²) in [7, 11) is -4.83. The minimum Gasteiger partial charge on any atom is -0.404 e. The first kappa shape index (κ1) is 19.2. The van der Waals surface area contributed by atoms with E-state index in [4.69, 9.17) is 9.05 Å². The van der Waals surface area contributed by atoms with E-state index in [1.54, 1.807) is 18.2 Å². The summed E-state index contributed by atoms with van der Waals surface area (Å²) in [6.45, 7) is 0. The fourth-order valence-corrected chi connectivity index (χ4v) is 3.83. The summed E-state index contributed by atoms with van der Waals surface area (Å²) in [6.07, 6.45) is -11.3. The molecule has 0 spiro atoms. The zero-order valence-electron chi connectivity index (χ0n) is 13.4. The molecular weight excluding hydrogens is 367 g/mol. The molecule has 9 nitrogen and oxygen atoms in total. The third kappa shape index (κ3) is 3.75. The third-order valence-electron chi connectivity index (χ3n) is 4.27. The Morgan fingerprint density at radius 2 is 1.31 bits per heavy atom. The molecule has 2 aromatic rings. The molecule has 0 heterocycles. The smallest absolute Gasteiger partial charge is 0.404 e. The molecule has 1 fully saturated rings. The van der Waals surface area contributed by atoms with Crippen molar-refractivity contribution in [2.24, 2.45) is 0 Å². The van der Waals surface area contributed by atoms with Crippen LogP contribution in [-0.2, 0) is 9.09 Å². The van der Waals surface area contributed by atoms with Gasteiger partial charge in [-0.15, -0.1) is 0 Å². The predicted octanol–water partition coefficient (Wildman–Crippen LogP) is -0.478. The molecule has 1 saturated carbocycles. The molecule has 1 aliphatic rings. The first-order chi connectivity index (χ1) is 12.2. The molecule has 2 aromatic carbocycles. The average Bonchev–Trinajstić information content (AvgIpc) is 2.61. The summed E-state index contributed by atoms with van der Waals surface area (Å²) in [5.74, 6) is 0.00968. The van der Waals surface area contributed by atoms with Gasteiger partial charge in [0.05, 0.1) is 0 Å². The largest absolute Gasteiger partial charge is 0.527 e. The Bertz CT molecular complexity index is 812. The Morgan fingerprint density at radius 3 is 1.92 bits per heavy atom. The van der Waals surface area contributed by atoms with Gasteiger partial charge in [-0.1, -0.05) is 30.3 Å². The Kier molecular flexibility index (Phi) is 5.34. The molecule has 6 N–H and O–H groups in total. The molecular formula is C16H19O9P. The number of hydrogen-bond donors (Lipinski definition) is 6. The Morgan fingerprint density at radius 1 is 0.769 bits per heavy atom. The van der Waals surface area contributed by atoms with Gasteiger partial charge < -0.3 is 30.1 Å². The lowest BCUT2D eigenvalue weighted by molar-refractivity contribution is -0.219. The second kappa shape index (κ2) is 7.22. The number of rotatable bonds is 4. The lowest BCUT2D eigenvalue weighted by Crippen LogP contribution is -2.64. The van der Waals surface area contributed by atoms with Gasteiger partial charge in [0.15, 0.2) is 0 Å². The zero-order valence-corrected chi connectivity index (χ0v) is 14.3. The van der Waals surface area contributed by atoms with Crippen LogP contribution in [0.3, 0.4) is 0 Å². The maximum Gasteiger partial charge on any atom is 0.527 e. The van der Waals surface area contributed by atoms with E-state index in [-0.39, 0.29) is 5.75 Å². The fraction of sp³-hybridized carbons (Fsp3) is 0.375. The van der Waals surface area contributed by atoms with E-state index >= 15 is 0 Å². The summed E-state index contributed by atoms with van der Waals surface area (Å²) in [5, 5.41) is 50.2. The molecule has 0 radical (unpaired) electrons. The first-order valence-electron chi connectivity index (χ1n) is 7.79. The van der Waals surface area contributed by atoms with Gasteiger partial charge >= 0.3 is 7.82 Å². The molecule has 10 heteroatoms. The second-order valence-corrected chi connectivity index (χ2v) is 7.42. The number of benzene rings is 2. The van der Waals surface area contributed by atoms with Crippen molar-refractivity contribution >= 4 is 18.6 Å². The lowest BCUT2D eigenvalue weighted by Gasteiger charge is -2.41. The van der Waals surface area contributed by atoms with Crippen LogP contribution in [0.5, 0.6) is 5.75 Å². The maximum atomic E-state index is 12.2. The topological polar surface area (TPSA) is 157 Å². The van der Waals surface area contributed by atoms with Crippen molar-refractivity contribution in [2.45, 2.75) is 36.6 Å². The van der Waals surface area contributed by atoms with Gasteiger partial charge in [0.1, 0.15) is 42.4 Å². The number of aliphatic hydroxyl groups is 5. The highest BCUT2D eigenvalue weighted by Gasteiger charge is 2.51. The quantitative estimate of drug-likeness (QED) is 0.382. The van der Waals surface area contributed by atoms with Crippen molar-refractivity contribution in [3.05, 3.63) is 42.5 Å². The molecule has 5 unspecified atom stereocenters. The molecule has 0 saturated heterocycles. The fourth-order valence-electron chi connectivity index (χ4n) is 2.85. The summed E-state index contributed by atoms with van der Waals surface area (Å²) in [6, 6.07) is 11.8. The van der Waals surface area contributed by atoms with Gasteiger partial charge in [-0.05, 0) is 22.9 Å². The third-order valence-corrected chi connectivity index (χ3v) is 5.22. The van der Waals surface area contributed by atoms with E-state index < -0.39 is 44.4 Å². The van der Waals surface area contributed by atoms with Gasteiger partial charge in [0, 0.05) is 0 Å². The minimum atomic E-state index is -4.83. The van der Waals surface area contributed by atoms with Crippen LogP contribution < -0.4 is 4.52 Å². The van der Waals surface area contributed by atoms with Crippen LogP contribution in [0, 0.1) is 0 Å². The van der Waals surface area contributed by atoms with Gasteiger partial charge in [-0.25, -0.2) is 4.57 Å². The second-order valence-electron chi connectivity index (χ2n) is 6.09. The minimum absolute atomic E-state index is 0.00968. The van der Waals surface area contributed by atoms with Gasteiger partial charge in [-0.2, -0.15) is 0 Å². The van der Waals surface area contributed by atoms with Gasteiger partial charge in [0.25, 0.3) is 0 Å². The summed E-state index contributed by atoms with van der Waals surface area (Å²) in [5.41, 5.74) is 0. The first-order valence-corrected chi connectivity index (χ1v) is 9.29. The summed E-state index contributed by atoms with van der Waals surface area (Å²) < 4.78 is 22.0. The van der Waals surface area contributed by atoms with Crippen LogP contribution in [0.2, 0.25) is 0 Å². The van der Waals surface area contributed by atoms with E-state index in [2.05, 4.69) is 0 Å². The number of fused-ring (bicyclic) bond motifs is 1. The molecule has 3 rings (SSSR count). The highest BCUT2D eigenvalue weighted by Crippen LogP contribution is 2.47. The van der Waals surface area contributed by atoms with Gasteiger partial charge in [-0.3, -0.25) is 9.42 Å². The molecule has 0 amide bonds. The number of aliphatic hydroxyl groups excluding tert-OH is 5. The Hall–Kier alpha value is -1.55. The molecule has 0 aromatic heterocycles. The molecule has 5 atom stereocenters. The molecule has 0 aliphatic heterocycles. The monoisotopic (exact) mass is 386 g/mol. The molecule has 142 valence electrons. The highest BCUT2D eigenvalue weighted by atomic mass is 31.2. The SMILES string of the molecule is O=P(O)(Oc1ccc2ccccc2c1)OC1C(O)C(O)C(O)C(O)C1O. The van der Waals surface area contributed by atoms with E-state index in [0.717, 1.165) is 10.8 Å². The van der Waals surface area contributed by atoms with Crippen LogP contribution >= 0.6 is 7.82 Å². The van der Waals surface area contributed by atoms with Crippen LogP contribution in [0.15, 0.2) is 42.5 Å². The maximum absolute atomic E-state index is 12.2. The van der Waals surface area contributed by atoms with Crippen molar-refractivity contribution in [1.29, 1.82) is 0 Å². The number of hydrogen-bond acceptors (Lipinski definition) is 8. The van der Waals surface area contributed by atoms with E-state index in [1.807, 2.05) is 12.1 Å². The summed E-state index contributed by atoms with van der Waals surface area (Å²) in [4.78, 5) is 9.93. The Labute approximate surface area is 148 Å². The average molecular weight is 386 g/mol. The number of phosphoric acid groups is 1. The van der Waals surface area contributed by atoms with Crippen molar-refractivity contribution in [3.63, 3.8) is 0 Å². The molecule has 26 heavy (non-hydrogen) atoms. The van der Waals surface area contributed by atoms with E-state index in [9.17, 15) is 35.0 Å². The summed E-state index contributed by atoms with van der Waals surface area (Å²) >= 11 is 0. The standard InChI is InChI=1S/C16H19O9P/c17-11-12(18)14(20)16(15(21)13(11)19)25-26(22,23)24-10-6-5-8-3-1-2-4-9(8)7-10/h1-7,11-21H,(H,22,23). The highest BCUT2D eigenvalue weighted by molar-refractivity contribution is 7.47. The van der Waals surface area contributed by atoms with Crippen LogP contribution in [0.1, 0.15) is 0 Å². The van der Waals surface area contributed by atoms with E-state index in [0.29, 0.717) is 0 Å². The van der Waals surface area contributed by atoms with Crippen molar-refractivity contribution in [3.8, 4) is 5.75 Å². The lowest BCUT2D eigenvalue weighted by atomic mass is 9.85. The van der Waals surface area contributed by atoms with Crippen LogP contribution in [0.25, 0.3) is 10.8 Å². The Balaban J connectivity index is 1.78. The van der Waals surface area contributed by atoms with Crippen molar-refractivity contribution < 1.29 is 44.0 Å². The van der Waals surface area contributed by atoms with Crippen molar-refractivity contribution in [2.75, 3.05) is 0 Å². The number of phosphoric ester groups is 1.